The Labute approximate surface area is 127 Å². The van der Waals surface area contributed by atoms with E-state index >= 15 is 0 Å². The Bertz CT molecular complexity index is 459. The molecule has 1 aliphatic rings. The predicted octanol–water partition coefficient (Wildman–Crippen LogP) is 3.37. The van der Waals surface area contributed by atoms with Crippen LogP contribution < -0.4 is 10.1 Å². The Hall–Kier alpha value is -1.36. The van der Waals surface area contributed by atoms with Crippen molar-refractivity contribution in [2.24, 2.45) is 0 Å². The lowest BCUT2D eigenvalue weighted by atomic mass is 10.1. The molecule has 5 heteroatoms. The minimum atomic E-state index is -0.171. The maximum atomic E-state index is 5.81. The van der Waals surface area contributed by atoms with Crippen LogP contribution in [0.3, 0.4) is 0 Å². The second-order valence-corrected chi connectivity index (χ2v) is 6.21. The van der Waals surface area contributed by atoms with Crippen molar-refractivity contribution in [2.75, 3.05) is 25.6 Å². The average Bonchev–Trinajstić information content (AvgIpc) is 3.29. The number of hydrogen-bond donors (Lipinski definition) is 1. The van der Waals surface area contributed by atoms with Gasteiger partial charge in [0, 0.05) is 32.1 Å². The number of nitrogens with one attached hydrogen (secondary N) is 1. The lowest BCUT2D eigenvalue weighted by molar-refractivity contribution is 0.00507. The number of rotatable bonds is 9. The van der Waals surface area contributed by atoms with Crippen LogP contribution in [0.25, 0.3) is 0 Å². The Morgan fingerprint density at radius 1 is 1.33 bits per heavy atom. The molecule has 0 spiro atoms. The van der Waals surface area contributed by atoms with Gasteiger partial charge in [0.2, 0.25) is 5.88 Å². The molecule has 1 saturated carbocycles. The van der Waals surface area contributed by atoms with Gasteiger partial charge >= 0.3 is 0 Å². The first kappa shape index (κ1) is 16.0. The smallest absolute Gasteiger partial charge is 0.218 e. The SMILES string of the molecule is CCCNc1cc(OCCC(C)(C)OC)nc(C2CC2)n1. The first-order valence-corrected chi connectivity index (χ1v) is 7.85. The van der Waals surface area contributed by atoms with E-state index in [4.69, 9.17) is 9.47 Å². The van der Waals surface area contributed by atoms with Crippen LogP contribution in [0.4, 0.5) is 5.82 Å². The first-order chi connectivity index (χ1) is 10.0. The van der Waals surface area contributed by atoms with Crippen molar-refractivity contribution in [2.45, 2.75) is 58.0 Å². The molecule has 21 heavy (non-hydrogen) atoms. The van der Waals surface area contributed by atoms with Gasteiger partial charge in [-0.05, 0) is 33.1 Å². The van der Waals surface area contributed by atoms with Crippen LogP contribution in [0.2, 0.25) is 0 Å². The number of aromatic nitrogens is 2. The van der Waals surface area contributed by atoms with Crippen molar-refractivity contribution in [3.63, 3.8) is 0 Å². The number of nitrogens with zero attached hydrogens (tertiary/aromatic N) is 2. The molecule has 0 saturated heterocycles. The number of anilines is 1. The highest BCUT2D eigenvalue weighted by molar-refractivity contribution is 5.39. The van der Waals surface area contributed by atoms with Gasteiger partial charge in [0.1, 0.15) is 11.6 Å². The lowest BCUT2D eigenvalue weighted by Gasteiger charge is -2.22. The highest BCUT2D eigenvalue weighted by Crippen LogP contribution is 2.39. The lowest BCUT2D eigenvalue weighted by Crippen LogP contribution is -2.25. The minimum Gasteiger partial charge on any atom is -0.477 e. The Kier molecular flexibility index (Phi) is 5.39. The zero-order chi connectivity index (χ0) is 15.3. The van der Waals surface area contributed by atoms with Crippen LogP contribution >= 0.6 is 0 Å². The molecule has 0 bridgehead atoms. The summed E-state index contributed by atoms with van der Waals surface area (Å²) in [6.45, 7) is 7.76. The van der Waals surface area contributed by atoms with E-state index in [1.165, 1.54) is 12.8 Å². The van der Waals surface area contributed by atoms with Crippen LogP contribution in [0.1, 0.15) is 58.2 Å². The van der Waals surface area contributed by atoms with Gasteiger partial charge in [-0.15, -0.1) is 0 Å². The predicted molar refractivity (Wildman–Crippen MR) is 84.0 cm³/mol. The summed E-state index contributed by atoms with van der Waals surface area (Å²) in [5.41, 5.74) is -0.171. The average molecular weight is 293 g/mol. The molecule has 1 N–H and O–H groups in total. The molecule has 0 amide bonds. The van der Waals surface area contributed by atoms with Gasteiger partial charge < -0.3 is 14.8 Å². The van der Waals surface area contributed by atoms with Crippen molar-refractivity contribution in [3.8, 4) is 5.88 Å². The van der Waals surface area contributed by atoms with Crippen molar-refractivity contribution in [3.05, 3.63) is 11.9 Å². The fourth-order valence-electron chi connectivity index (χ4n) is 1.89. The van der Waals surface area contributed by atoms with E-state index in [1.54, 1.807) is 7.11 Å². The largest absolute Gasteiger partial charge is 0.477 e. The molecule has 0 aromatic carbocycles. The second-order valence-electron chi connectivity index (χ2n) is 6.21. The van der Waals surface area contributed by atoms with Crippen molar-refractivity contribution < 1.29 is 9.47 Å². The summed E-state index contributed by atoms with van der Waals surface area (Å²) in [7, 11) is 1.72. The van der Waals surface area contributed by atoms with E-state index in [2.05, 4.69) is 36.1 Å². The summed E-state index contributed by atoms with van der Waals surface area (Å²) in [5.74, 6) is 2.97. The molecule has 1 aromatic rings. The van der Waals surface area contributed by atoms with Crippen molar-refractivity contribution in [1.82, 2.24) is 9.97 Å². The molecule has 1 aromatic heterocycles. The van der Waals surface area contributed by atoms with E-state index in [0.717, 1.165) is 31.0 Å². The molecular weight excluding hydrogens is 266 g/mol. The molecule has 1 aliphatic carbocycles. The molecule has 0 aliphatic heterocycles. The molecule has 2 rings (SSSR count). The van der Waals surface area contributed by atoms with Gasteiger partial charge in [-0.2, -0.15) is 4.98 Å². The first-order valence-electron chi connectivity index (χ1n) is 7.85. The van der Waals surface area contributed by atoms with Crippen LogP contribution in [0.15, 0.2) is 6.07 Å². The third-order valence-electron chi connectivity index (χ3n) is 3.73. The molecule has 0 radical (unpaired) electrons. The van der Waals surface area contributed by atoms with Crippen molar-refractivity contribution >= 4 is 5.82 Å². The van der Waals surface area contributed by atoms with Gasteiger partial charge in [-0.1, -0.05) is 6.92 Å². The fourth-order valence-corrected chi connectivity index (χ4v) is 1.89. The third-order valence-corrected chi connectivity index (χ3v) is 3.73. The molecule has 1 fully saturated rings. The summed E-state index contributed by atoms with van der Waals surface area (Å²) in [6.07, 6.45) is 4.27. The number of methoxy groups -OCH3 is 1. The molecule has 5 nitrogen and oxygen atoms in total. The molecule has 118 valence electrons. The Morgan fingerprint density at radius 3 is 2.71 bits per heavy atom. The quantitative estimate of drug-likeness (QED) is 0.756. The topological polar surface area (TPSA) is 56.3 Å². The van der Waals surface area contributed by atoms with Gasteiger partial charge in [0.25, 0.3) is 0 Å². The molecule has 1 heterocycles. The highest BCUT2D eigenvalue weighted by atomic mass is 16.5. The summed E-state index contributed by atoms with van der Waals surface area (Å²) in [6, 6.07) is 1.89. The zero-order valence-electron chi connectivity index (χ0n) is 13.6. The van der Waals surface area contributed by atoms with E-state index in [9.17, 15) is 0 Å². The second kappa shape index (κ2) is 7.07. The minimum absolute atomic E-state index is 0.171. The van der Waals surface area contributed by atoms with Crippen LogP contribution in [-0.4, -0.2) is 35.8 Å². The fraction of sp³-hybridized carbons (Fsp3) is 0.750. The zero-order valence-corrected chi connectivity index (χ0v) is 13.6. The Morgan fingerprint density at radius 2 is 2.10 bits per heavy atom. The summed E-state index contributed by atoms with van der Waals surface area (Å²) >= 11 is 0. The van der Waals surface area contributed by atoms with Crippen LogP contribution in [-0.2, 0) is 4.74 Å². The van der Waals surface area contributed by atoms with E-state index in [0.29, 0.717) is 18.4 Å². The number of hydrogen-bond acceptors (Lipinski definition) is 5. The van der Waals surface area contributed by atoms with E-state index in [1.807, 2.05) is 6.07 Å². The maximum absolute atomic E-state index is 5.81. The van der Waals surface area contributed by atoms with Crippen LogP contribution in [0, 0.1) is 0 Å². The normalized spacial score (nSPS) is 15.0. The summed E-state index contributed by atoms with van der Waals surface area (Å²) < 4.78 is 11.2. The van der Waals surface area contributed by atoms with Gasteiger partial charge in [-0.3, -0.25) is 0 Å². The number of ether oxygens (including phenoxy) is 2. The van der Waals surface area contributed by atoms with Gasteiger partial charge in [0.15, 0.2) is 0 Å². The van der Waals surface area contributed by atoms with E-state index in [-0.39, 0.29) is 5.60 Å². The maximum Gasteiger partial charge on any atom is 0.218 e. The third kappa shape index (κ3) is 5.16. The van der Waals surface area contributed by atoms with Crippen LogP contribution in [0.5, 0.6) is 5.88 Å². The summed E-state index contributed by atoms with van der Waals surface area (Å²) in [4.78, 5) is 9.11. The van der Waals surface area contributed by atoms with Gasteiger partial charge in [0.05, 0.1) is 12.2 Å². The van der Waals surface area contributed by atoms with Crippen molar-refractivity contribution in [1.29, 1.82) is 0 Å². The molecule has 0 atom stereocenters. The van der Waals surface area contributed by atoms with E-state index < -0.39 is 0 Å². The standard InChI is InChI=1S/C16H27N3O2/c1-5-9-17-13-11-14(19-15(18-13)12-6-7-12)21-10-8-16(2,3)20-4/h11-12H,5-10H2,1-4H3,(H,17,18,19). The summed E-state index contributed by atoms with van der Waals surface area (Å²) in [5, 5.41) is 3.32. The monoisotopic (exact) mass is 293 g/mol. The highest BCUT2D eigenvalue weighted by Gasteiger charge is 2.27. The van der Waals surface area contributed by atoms with Gasteiger partial charge in [-0.25, -0.2) is 4.98 Å². The molecular formula is C16H27N3O2. The Balaban J connectivity index is 1.98. The molecule has 0 unspecified atom stereocenters.